The van der Waals surface area contributed by atoms with Gasteiger partial charge in [-0.1, -0.05) is 48.0 Å². The zero-order valence-electron chi connectivity index (χ0n) is 10.6. The van der Waals surface area contributed by atoms with Crippen LogP contribution in [0.4, 0.5) is 8.78 Å². The van der Waals surface area contributed by atoms with Crippen molar-refractivity contribution in [3.63, 3.8) is 0 Å². The quantitative estimate of drug-likeness (QED) is 0.633. The number of fused-ring (bicyclic) bond motifs is 1. The lowest BCUT2D eigenvalue weighted by atomic mass is 10.1. The standard InChI is InChI=1S/C16H12ClF2N/c17-14-7-4-8-15-13(14)9-10-20(15)11-16(18,19)12-5-2-1-3-6-12/h1-10H,11H2. The van der Waals surface area contributed by atoms with Crippen LogP contribution in [0.2, 0.25) is 5.02 Å². The molecule has 0 bridgehead atoms. The van der Waals surface area contributed by atoms with Crippen LogP contribution >= 0.6 is 11.6 Å². The van der Waals surface area contributed by atoms with E-state index in [1.54, 1.807) is 48.7 Å². The molecule has 3 aromatic rings. The number of benzene rings is 2. The smallest absolute Gasteiger partial charge is 0.290 e. The summed E-state index contributed by atoms with van der Waals surface area (Å²) in [5, 5.41) is 1.36. The normalized spacial score (nSPS) is 11.9. The van der Waals surface area contributed by atoms with Gasteiger partial charge in [-0.25, -0.2) is 0 Å². The number of alkyl halides is 2. The van der Waals surface area contributed by atoms with Gasteiger partial charge in [-0.2, -0.15) is 8.78 Å². The topological polar surface area (TPSA) is 4.93 Å². The fourth-order valence-corrected chi connectivity index (χ4v) is 2.54. The molecule has 0 unspecified atom stereocenters. The van der Waals surface area contributed by atoms with Gasteiger partial charge in [0.1, 0.15) is 0 Å². The lowest BCUT2D eigenvalue weighted by Crippen LogP contribution is -2.20. The van der Waals surface area contributed by atoms with Gasteiger partial charge in [-0.15, -0.1) is 0 Å². The summed E-state index contributed by atoms with van der Waals surface area (Å²) in [6, 6.07) is 14.9. The molecule has 20 heavy (non-hydrogen) atoms. The zero-order valence-corrected chi connectivity index (χ0v) is 11.3. The monoisotopic (exact) mass is 291 g/mol. The van der Waals surface area contributed by atoms with E-state index in [-0.39, 0.29) is 5.56 Å². The van der Waals surface area contributed by atoms with Crippen molar-refractivity contribution in [3.05, 3.63) is 71.4 Å². The predicted octanol–water partition coefficient (Wildman–Crippen LogP) is 5.09. The molecule has 102 valence electrons. The van der Waals surface area contributed by atoms with Crippen molar-refractivity contribution in [2.24, 2.45) is 0 Å². The second-order valence-corrected chi connectivity index (χ2v) is 5.09. The third-order valence-corrected chi connectivity index (χ3v) is 3.66. The summed E-state index contributed by atoms with van der Waals surface area (Å²) < 4.78 is 30.1. The summed E-state index contributed by atoms with van der Waals surface area (Å²) in [4.78, 5) is 0. The Kier molecular flexibility index (Phi) is 3.22. The third-order valence-electron chi connectivity index (χ3n) is 3.33. The first-order valence-corrected chi connectivity index (χ1v) is 6.62. The van der Waals surface area contributed by atoms with Crippen molar-refractivity contribution < 1.29 is 8.78 Å². The molecule has 0 N–H and O–H groups in total. The third kappa shape index (κ3) is 2.29. The minimum absolute atomic E-state index is 0.0175. The molecule has 4 heteroatoms. The molecule has 0 aliphatic carbocycles. The van der Waals surface area contributed by atoms with Crippen molar-refractivity contribution in [1.82, 2.24) is 4.57 Å². The Hall–Kier alpha value is -1.87. The molecule has 0 spiro atoms. The van der Waals surface area contributed by atoms with Gasteiger partial charge in [0.25, 0.3) is 5.92 Å². The van der Waals surface area contributed by atoms with Crippen molar-refractivity contribution in [3.8, 4) is 0 Å². The summed E-state index contributed by atoms with van der Waals surface area (Å²) in [6.45, 7) is -0.402. The van der Waals surface area contributed by atoms with Gasteiger partial charge in [-0.05, 0) is 18.2 Å². The summed E-state index contributed by atoms with van der Waals surface area (Å²) in [7, 11) is 0. The Labute approximate surface area is 120 Å². The maximum Gasteiger partial charge on any atom is 0.290 e. The fourth-order valence-electron chi connectivity index (χ4n) is 2.31. The van der Waals surface area contributed by atoms with Crippen molar-refractivity contribution >= 4 is 22.5 Å². The van der Waals surface area contributed by atoms with E-state index in [0.29, 0.717) is 10.5 Å². The highest BCUT2D eigenvalue weighted by Gasteiger charge is 2.32. The largest absolute Gasteiger partial charge is 0.341 e. The van der Waals surface area contributed by atoms with Crippen molar-refractivity contribution in [2.75, 3.05) is 0 Å². The van der Waals surface area contributed by atoms with E-state index in [2.05, 4.69) is 0 Å². The van der Waals surface area contributed by atoms with Crippen LogP contribution in [0.3, 0.4) is 0 Å². The van der Waals surface area contributed by atoms with Gasteiger partial charge in [0.05, 0.1) is 6.54 Å². The van der Waals surface area contributed by atoms with E-state index in [9.17, 15) is 8.78 Å². The Morgan fingerprint density at radius 2 is 1.70 bits per heavy atom. The van der Waals surface area contributed by atoms with Crippen LogP contribution in [0.25, 0.3) is 10.9 Å². The van der Waals surface area contributed by atoms with Crippen molar-refractivity contribution in [2.45, 2.75) is 12.5 Å². The molecule has 0 radical (unpaired) electrons. The molecule has 1 aromatic heterocycles. The maximum absolute atomic E-state index is 14.3. The van der Waals surface area contributed by atoms with Crippen LogP contribution in [-0.4, -0.2) is 4.57 Å². The number of aromatic nitrogens is 1. The highest BCUT2D eigenvalue weighted by molar-refractivity contribution is 6.35. The molecular formula is C16H12ClF2N. The van der Waals surface area contributed by atoms with E-state index in [4.69, 9.17) is 11.6 Å². The first-order valence-electron chi connectivity index (χ1n) is 6.25. The van der Waals surface area contributed by atoms with E-state index in [1.807, 2.05) is 0 Å². The van der Waals surface area contributed by atoms with Gasteiger partial charge >= 0.3 is 0 Å². The molecule has 2 aromatic carbocycles. The van der Waals surface area contributed by atoms with Gasteiger partial charge in [0, 0.05) is 27.7 Å². The van der Waals surface area contributed by atoms with Crippen LogP contribution in [0.1, 0.15) is 5.56 Å². The van der Waals surface area contributed by atoms with Gasteiger partial charge < -0.3 is 4.57 Å². The molecule has 0 amide bonds. The fraction of sp³-hybridized carbons (Fsp3) is 0.125. The molecule has 3 rings (SSSR count). The van der Waals surface area contributed by atoms with Gasteiger partial charge in [-0.3, -0.25) is 0 Å². The van der Waals surface area contributed by atoms with Crippen molar-refractivity contribution in [1.29, 1.82) is 0 Å². The number of halogens is 3. The molecular weight excluding hydrogens is 280 g/mol. The maximum atomic E-state index is 14.3. The Morgan fingerprint density at radius 1 is 0.950 bits per heavy atom. The summed E-state index contributed by atoms with van der Waals surface area (Å²) in [5.41, 5.74) is 0.733. The molecule has 0 aliphatic heterocycles. The summed E-state index contributed by atoms with van der Waals surface area (Å²) >= 11 is 6.06. The van der Waals surface area contributed by atoms with Gasteiger partial charge in [0.15, 0.2) is 0 Å². The number of hydrogen-bond donors (Lipinski definition) is 0. The lowest BCUT2D eigenvalue weighted by molar-refractivity contribution is -0.0211. The number of hydrogen-bond acceptors (Lipinski definition) is 0. The SMILES string of the molecule is FC(F)(Cn1ccc2c(Cl)cccc21)c1ccccc1. The Morgan fingerprint density at radius 3 is 2.45 bits per heavy atom. The van der Waals surface area contributed by atoms with E-state index in [1.165, 1.54) is 16.7 Å². The average Bonchev–Trinajstić information content (AvgIpc) is 2.84. The second-order valence-electron chi connectivity index (χ2n) is 4.69. The molecule has 0 aliphatic rings. The molecule has 1 nitrogen and oxygen atoms in total. The highest BCUT2D eigenvalue weighted by Crippen LogP contribution is 2.32. The molecule has 0 saturated heterocycles. The first-order chi connectivity index (χ1) is 9.58. The van der Waals surface area contributed by atoms with Gasteiger partial charge in [0.2, 0.25) is 0 Å². The molecule has 0 atom stereocenters. The number of nitrogens with zero attached hydrogens (tertiary/aromatic N) is 1. The minimum Gasteiger partial charge on any atom is -0.341 e. The Balaban J connectivity index is 1.99. The van der Waals surface area contributed by atoms with Crippen LogP contribution in [0.15, 0.2) is 60.8 Å². The molecule has 0 saturated carbocycles. The van der Waals surface area contributed by atoms with Crippen LogP contribution in [0, 0.1) is 0 Å². The second kappa shape index (κ2) is 4.91. The zero-order chi connectivity index (χ0) is 14.2. The molecule has 1 heterocycles. The van der Waals surface area contributed by atoms with E-state index in [0.717, 1.165) is 5.39 Å². The Bertz CT molecular complexity index is 735. The number of rotatable bonds is 3. The summed E-state index contributed by atoms with van der Waals surface area (Å²) in [5.74, 6) is -2.92. The average molecular weight is 292 g/mol. The van der Waals surface area contributed by atoms with E-state index >= 15 is 0 Å². The highest BCUT2D eigenvalue weighted by atomic mass is 35.5. The lowest BCUT2D eigenvalue weighted by Gasteiger charge is -2.18. The van der Waals surface area contributed by atoms with Crippen LogP contribution in [-0.2, 0) is 12.5 Å². The van der Waals surface area contributed by atoms with Crippen LogP contribution in [0.5, 0.6) is 0 Å². The minimum atomic E-state index is -2.92. The van der Waals surface area contributed by atoms with Crippen LogP contribution < -0.4 is 0 Å². The summed E-state index contributed by atoms with van der Waals surface area (Å²) in [6.07, 6.45) is 1.65. The predicted molar refractivity (Wildman–Crippen MR) is 77.3 cm³/mol. The first kappa shape index (κ1) is 13.1. The van der Waals surface area contributed by atoms with E-state index < -0.39 is 12.5 Å². The molecule has 0 fully saturated rings.